The van der Waals surface area contributed by atoms with Crippen LogP contribution >= 0.6 is 0 Å². The molecule has 0 bridgehead atoms. The number of carbonyl (C=O) groups excluding carboxylic acids is 1. The third-order valence-electron chi connectivity index (χ3n) is 5.16. The van der Waals surface area contributed by atoms with Crippen molar-refractivity contribution < 1.29 is 31.5 Å². The van der Waals surface area contributed by atoms with E-state index in [1.165, 1.54) is 16.4 Å². The molecule has 3 rings (SSSR count). The molecule has 0 radical (unpaired) electrons. The molecule has 2 aromatic carbocycles. The number of hydrogen-bond acceptors (Lipinski definition) is 5. The van der Waals surface area contributed by atoms with Crippen molar-refractivity contribution in [3.05, 3.63) is 59.7 Å². The number of alkyl carbamates (subject to hydrolysis) is 1. The molecule has 7 nitrogen and oxygen atoms in total. The van der Waals surface area contributed by atoms with E-state index >= 15 is 0 Å². The zero-order valence-corrected chi connectivity index (χ0v) is 18.5. The fourth-order valence-corrected chi connectivity index (χ4v) is 4.86. The summed E-state index contributed by atoms with van der Waals surface area (Å²) >= 11 is 0. The molecular formula is C22H26F2N2O5S. The maximum atomic E-state index is 12.7. The van der Waals surface area contributed by atoms with Gasteiger partial charge in [-0.3, -0.25) is 0 Å². The van der Waals surface area contributed by atoms with Crippen LogP contribution in [0.5, 0.6) is 5.75 Å². The maximum Gasteiger partial charge on any atom is 0.407 e. The summed E-state index contributed by atoms with van der Waals surface area (Å²) in [5, 5.41) is 2.65. The minimum atomic E-state index is -3.56. The molecule has 1 saturated heterocycles. The van der Waals surface area contributed by atoms with Crippen molar-refractivity contribution >= 4 is 16.1 Å². The number of carbonyl (C=O) groups is 1. The number of benzene rings is 2. The Balaban J connectivity index is 1.39. The number of nitrogens with one attached hydrogen (secondary N) is 1. The number of hydrogen-bond donors (Lipinski definition) is 1. The summed E-state index contributed by atoms with van der Waals surface area (Å²) in [6, 6.07) is 12.9. The van der Waals surface area contributed by atoms with E-state index in [9.17, 15) is 22.0 Å². The van der Waals surface area contributed by atoms with Crippen molar-refractivity contribution in [1.82, 2.24) is 9.62 Å². The molecule has 0 atom stereocenters. The number of alkyl halides is 2. The van der Waals surface area contributed by atoms with E-state index in [0.717, 1.165) is 11.1 Å². The van der Waals surface area contributed by atoms with E-state index in [-0.39, 0.29) is 29.8 Å². The Morgan fingerprint density at radius 1 is 1.09 bits per heavy atom. The van der Waals surface area contributed by atoms with Crippen molar-refractivity contribution in [2.75, 3.05) is 19.6 Å². The number of rotatable bonds is 8. The number of halogens is 2. The SMILES string of the molecule is Cc1ccc(S(=O)(=O)N2CCC(OC(=O)NCCc3ccc(OC(F)F)cc3)CC2)cc1. The molecular weight excluding hydrogens is 442 g/mol. The summed E-state index contributed by atoms with van der Waals surface area (Å²) in [6.07, 6.45) is 0.415. The molecule has 1 aliphatic rings. The molecule has 1 N–H and O–H groups in total. The summed E-state index contributed by atoms with van der Waals surface area (Å²) in [4.78, 5) is 12.3. The molecule has 1 amide bonds. The van der Waals surface area contributed by atoms with Crippen LogP contribution in [0.25, 0.3) is 0 Å². The Morgan fingerprint density at radius 3 is 2.31 bits per heavy atom. The third-order valence-corrected chi connectivity index (χ3v) is 7.08. The molecule has 1 aliphatic heterocycles. The fourth-order valence-electron chi connectivity index (χ4n) is 3.39. The Kier molecular flexibility index (Phi) is 8.03. The first kappa shape index (κ1) is 23.9. The number of aryl methyl sites for hydroxylation is 1. The number of nitrogens with zero attached hydrogens (tertiary/aromatic N) is 1. The van der Waals surface area contributed by atoms with Gasteiger partial charge in [0.1, 0.15) is 11.9 Å². The normalized spacial score (nSPS) is 15.5. The molecule has 0 saturated carbocycles. The van der Waals surface area contributed by atoms with E-state index < -0.39 is 22.7 Å². The van der Waals surface area contributed by atoms with Crippen LogP contribution in [0, 0.1) is 6.92 Å². The fraction of sp³-hybridized carbons (Fsp3) is 0.409. The predicted molar refractivity (Wildman–Crippen MR) is 114 cm³/mol. The zero-order chi connectivity index (χ0) is 23.1. The first-order valence-electron chi connectivity index (χ1n) is 10.3. The van der Waals surface area contributed by atoms with Crippen LogP contribution < -0.4 is 10.1 Å². The van der Waals surface area contributed by atoms with Gasteiger partial charge in [-0.15, -0.1) is 0 Å². The highest BCUT2D eigenvalue weighted by Crippen LogP contribution is 2.22. The third kappa shape index (κ3) is 6.64. The molecule has 2 aromatic rings. The Labute approximate surface area is 186 Å². The standard InChI is InChI=1S/C22H26F2N2O5S/c1-16-2-8-20(9-3-16)32(28,29)26-14-11-19(12-15-26)31-22(27)25-13-10-17-4-6-18(7-5-17)30-21(23)24/h2-9,19,21H,10-15H2,1H3,(H,25,27). The number of ether oxygens (including phenoxy) is 2. The van der Waals surface area contributed by atoms with Crippen LogP contribution in [-0.2, 0) is 21.2 Å². The molecule has 1 fully saturated rings. The average Bonchev–Trinajstić information content (AvgIpc) is 2.75. The van der Waals surface area contributed by atoms with Crippen LogP contribution in [0.4, 0.5) is 13.6 Å². The van der Waals surface area contributed by atoms with Gasteiger partial charge in [0.15, 0.2) is 0 Å². The number of amides is 1. The Morgan fingerprint density at radius 2 is 1.72 bits per heavy atom. The van der Waals surface area contributed by atoms with E-state index in [0.29, 0.717) is 25.8 Å². The Hall–Kier alpha value is -2.72. The highest BCUT2D eigenvalue weighted by Gasteiger charge is 2.30. The average molecular weight is 469 g/mol. The largest absolute Gasteiger partial charge is 0.446 e. The predicted octanol–water partition coefficient (Wildman–Crippen LogP) is 3.72. The molecule has 0 spiro atoms. The number of piperidine rings is 1. The summed E-state index contributed by atoms with van der Waals surface area (Å²) in [5.41, 5.74) is 1.83. The van der Waals surface area contributed by atoms with Crippen molar-refractivity contribution in [2.45, 2.75) is 43.8 Å². The van der Waals surface area contributed by atoms with E-state index in [1.807, 2.05) is 6.92 Å². The highest BCUT2D eigenvalue weighted by molar-refractivity contribution is 7.89. The van der Waals surface area contributed by atoms with Gasteiger partial charge in [-0.2, -0.15) is 13.1 Å². The lowest BCUT2D eigenvalue weighted by Crippen LogP contribution is -2.42. The maximum absolute atomic E-state index is 12.7. The molecule has 0 aromatic heterocycles. The van der Waals surface area contributed by atoms with Gasteiger partial charge in [-0.1, -0.05) is 29.8 Å². The van der Waals surface area contributed by atoms with Crippen LogP contribution in [-0.4, -0.2) is 51.2 Å². The lowest BCUT2D eigenvalue weighted by molar-refractivity contribution is -0.0498. The van der Waals surface area contributed by atoms with Crippen LogP contribution in [0.15, 0.2) is 53.4 Å². The van der Waals surface area contributed by atoms with Crippen LogP contribution in [0.1, 0.15) is 24.0 Å². The summed E-state index contributed by atoms with van der Waals surface area (Å²) in [6.45, 7) is -0.102. The van der Waals surface area contributed by atoms with Gasteiger partial charge < -0.3 is 14.8 Å². The molecule has 0 unspecified atom stereocenters. The van der Waals surface area contributed by atoms with Crippen molar-refractivity contribution in [3.8, 4) is 5.75 Å². The van der Waals surface area contributed by atoms with Crippen molar-refractivity contribution in [1.29, 1.82) is 0 Å². The second-order valence-corrected chi connectivity index (χ2v) is 9.46. The summed E-state index contributed by atoms with van der Waals surface area (Å²) in [7, 11) is -3.56. The van der Waals surface area contributed by atoms with E-state index in [4.69, 9.17) is 4.74 Å². The van der Waals surface area contributed by atoms with Crippen LogP contribution in [0.2, 0.25) is 0 Å². The first-order chi connectivity index (χ1) is 15.2. The smallest absolute Gasteiger partial charge is 0.407 e. The molecule has 174 valence electrons. The summed E-state index contributed by atoms with van der Waals surface area (Å²) < 4.78 is 60.9. The summed E-state index contributed by atoms with van der Waals surface area (Å²) in [5.74, 6) is 0.0758. The van der Waals surface area contributed by atoms with Gasteiger partial charge in [0.25, 0.3) is 0 Å². The lowest BCUT2D eigenvalue weighted by Gasteiger charge is -2.30. The molecule has 1 heterocycles. The van der Waals surface area contributed by atoms with E-state index in [1.54, 1.807) is 36.4 Å². The quantitative estimate of drug-likeness (QED) is 0.638. The molecule has 0 aliphatic carbocycles. The van der Waals surface area contributed by atoms with Gasteiger partial charge >= 0.3 is 12.7 Å². The Bertz CT molecular complexity index is 990. The van der Waals surface area contributed by atoms with Gasteiger partial charge in [-0.05, 0) is 56.0 Å². The molecule has 10 heteroatoms. The van der Waals surface area contributed by atoms with Crippen LogP contribution in [0.3, 0.4) is 0 Å². The first-order valence-corrected chi connectivity index (χ1v) is 11.7. The van der Waals surface area contributed by atoms with Gasteiger partial charge in [-0.25, -0.2) is 13.2 Å². The second kappa shape index (κ2) is 10.7. The topological polar surface area (TPSA) is 84.9 Å². The van der Waals surface area contributed by atoms with Gasteiger partial charge in [0.2, 0.25) is 10.0 Å². The minimum absolute atomic E-state index is 0.0758. The lowest BCUT2D eigenvalue weighted by atomic mass is 10.1. The monoisotopic (exact) mass is 468 g/mol. The minimum Gasteiger partial charge on any atom is -0.446 e. The second-order valence-electron chi connectivity index (χ2n) is 7.52. The van der Waals surface area contributed by atoms with E-state index in [2.05, 4.69) is 10.1 Å². The van der Waals surface area contributed by atoms with Crippen molar-refractivity contribution in [3.63, 3.8) is 0 Å². The zero-order valence-electron chi connectivity index (χ0n) is 17.7. The number of sulfonamides is 1. The van der Waals surface area contributed by atoms with Gasteiger partial charge in [0.05, 0.1) is 4.90 Å². The molecule has 32 heavy (non-hydrogen) atoms. The highest BCUT2D eigenvalue weighted by atomic mass is 32.2. The van der Waals surface area contributed by atoms with Gasteiger partial charge in [0, 0.05) is 19.6 Å². The van der Waals surface area contributed by atoms with Crippen molar-refractivity contribution in [2.24, 2.45) is 0 Å².